The van der Waals surface area contributed by atoms with Gasteiger partial charge in [-0.25, -0.2) is 14.4 Å². The van der Waals surface area contributed by atoms with Gasteiger partial charge in [0.25, 0.3) is 0 Å². The van der Waals surface area contributed by atoms with E-state index >= 15 is 0 Å². The smallest absolute Gasteiger partial charge is 0.398 e. The number of ether oxygens (including phenoxy) is 3. The van der Waals surface area contributed by atoms with E-state index in [1.165, 1.54) is 13.8 Å². The number of rotatable bonds is 10. The van der Waals surface area contributed by atoms with E-state index in [4.69, 9.17) is 9.84 Å². The summed E-state index contributed by atoms with van der Waals surface area (Å²) in [4.78, 5) is 35.0. The summed E-state index contributed by atoms with van der Waals surface area (Å²) in [6.45, 7) is 10.3. The summed E-state index contributed by atoms with van der Waals surface area (Å²) in [6, 6.07) is 0. The van der Waals surface area contributed by atoms with Gasteiger partial charge in [-0.2, -0.15) is 0 Å². The first-order valence-electron chi connectivity index (χ1n) is 7.56. The quantitative estimate of drug-likeness (QED) is 0.197. The van der Waals surface area contributed by atoms with Gasteiger partial charge < -0.3 is 24.4 Å². The molecule has 0 aromatic carbocycles. The van der Waals surface area contributed by atoms with Crippen LogP contribution in [0.1, 0.15) is 33.6 Å². The van der Waals surface area contributed by atoms with E-state index in [2.05, 4.69) is 22.6 Å². The van der Waals surface area contributed by atoms with Gasteiger partial charge in [0.1, 0.15) is 6.61 Å². The Bertz CT molecular complexity index is 575. The maximum absolute atomic E-state index is 11.9. The number of hydrogen-bond donors (Lipinski definition) is 2. The lowest BCUT2D eigenvalue weighted by Crippen LogP contribution is -2.43. The number of carbonyl (C=O) groups is 3. The van der Waals surface area contributed by atoms with Crippen molar-refractivity contribution in [1.29, 1.82) is 0 Å². The normalized spacial score (nSPS) is 13.4. The molecule has 1 atom stereocenters. The highest BCUT2D eigenvalue weighted by Crippen LogP contribution is 2.15. The molecule has 0 aliphatic carbocycles. The van der Waals surface area contributed by atoms with Crippen LogP contribution in [0.25, 0.3) is 0 Å². The SMILES string of the molecule is C=C(C)C(=O)OC(O)(CO)OC(=O)/C(C)=C/C(=C)C(=O)OCCCC. The molecule has 0 saturated heterocycles. The number of hydrogen-bond acceptors (Lipinski definition) is 8. The average Bonchev–Trinajstić information content (AvgIpc) is 2.54. The van der Waals surface area contributed by atoms with Gasteiger partial charge in [0, 0.05) is 11.1 Å². The molecule has 0 amide bonds. The molecule has 0 aliphatic heterocycles. The highest BCUT2D eigenvalue weighted by Gasteiger charge is 2.36. The zero-order chi connectivity index (χ0) is 19.6. The van der Waals surface area contributed by atoms with Crippen molar-refractivity contribution in [3.05, 3.63) is 36.0 Å². The first-order chi connectivity index (χ1) is 11.6. The standard InChI is InChI=1S/C17H24O8/c1-6-7-8-23-15(20)12(4)9-13(5)16(21)25-17(22,10-18)24-14(19)11(2)3/h9,18,22H,2,4,6-8,10H2,1,3,5H3/b13-9+. The number of aliphatic hydroxyl groups is 2. The van der Waals surface area contributed by atoms with Crippen LogP contribution >= 0.6 is 0 Å². The Labute approximate surface area is 146 Å². The van der Waals surface area contributed by atoms with Crippen LogP contribution in [0.5, 0.6) is 0 Å². The largest absolute Gasteiger partial charge is 0.462 e. The van der Waals surface area contributed by atoms with Crippen LogP contribution in [0, 0.1) is 0 Å². The van der Waals surface area contributed by atoms with Gasteiger partial charge in [-0.1, -0.05) is 26.5 Å². The molecule has 8 heteroatoms. The van der Waals surface area contributed by atoms with E-state index in [0.717, 1.165) is 12.5 Å². The third-order valence-electron chi connectivity index (χ3n) is 2.76. The van der Waals surface area contributed by atoms with Crippen molar-refractivity contribution in [2.45, 2.75) is 39.6 Å². The molecule has 0 fully saturated rings. The molecule has 0 heterocycles. The maximum Gasteiger partial charge on any atom is 0.398 e. The third-order valence-corrected chi connectivity index (χ3v) is 2.76. The molecule has 0 aromatic rings. The van der Waals surface area contributed by atoms with Gasteiger partial charge in [-0.15, -0.1) is 0 Å². The minimum absolute atomic E-state index is 0.0709. The second kappa shape index (κ2) is 10.4. The van der Waals surface area contributed by atoms with Crippen LogP contribution in [0.2, 0.25) is 0 Å². The number of aliphatic hydroxyl groups excluding tert-OH is 1. The van der Waals surface area contributed by atoms with Gasteiger partial charge in [0.2, 0.25) is 0 Å². The van der Waals surface area contributed by atoms with Gasteiger partial charge >= 0.3 is 23.9 Å². The summed E-state index contributed by atoms with van der Waals surface area (Å²) >= 11 is 0. The Kier molecular flexibility index (Phi) is 9.40. The highest BCUT2D eigenvalue weighted by molar-refractivity contribution is 5.95. The molecule has 0 spiro atoms. The zero-order valence-corrected chi connectivity index (χ0v) is 14.7. The Balaban J connectivity index is 4.90. The fourth-order valence-corrected chi connectivity index (χ4v) is 1.32. The zero-order valence-electron chi connectivity index (χ0n) is 14.7. The van der Waals surface area contributed by atoms with Crippen molar-refractivity contribution < 1.29 is 38.8 Å². The Morgan fingerprint density at radius 2 is 1.64 bits per heavy atom. The second-order valence-corrected chi connectivity index (χ2v) is 5.27. The molecule has 2 N–H and O–H groups in total. The maximum atomic E-state index is 11.9. The van der Waals surface area contributed by atoms with E-state index in [-0.39, 0.29) is 23.3 Å². The topological polar surface area (TPSA) is 119 Å². The van der Waals surface area contributed by atoms with Crippen LogP contribution < -0.4 is 0 Å². The van der Waals surface area contributed by atoms with Gasteiger partial charge in [-0.05, 0) is 26.3 Å². The predicted molar refractivity (Wildman–Crippen MR) is 87.8 cm³/mol. The monoisotopic (exact) mass is 356 g/mol. The lowest BCUT2D eigenvalue weighted by atomic mass is 10.2. The summed E-state index contributed by atoms with van der Waals surface area (Å²) in [7, 11) is 0. The lowest BCUT2D eigenvalue weighted by molar-refractivity contribution is -0.334. The Morgan fingerprint density at radius 1 is 1.08 bits per heavy atom. The minimum Gasteiger partial charge on any atom is -0.462 e. The van der Waals surface area contributed by atoms with Crippen LogP contribution in [0.4, 0.5) is 0 Å². The molecule has 0 aliphatic rings. The van der Waals surface area contributed by atoms with Gasteiger partial charge in [-0.3, -0.25) is 0 Å². The molecule has 140 valence electrons. The molecular weight excluding hydrogens is 332 g/mol. The highest BCUT2D eigenvalue weighted by atomic mass is 16.8. The van der Waals surface area contributed by atoms with Crippen LogP contribution in [-0.2, 0) is 28.6 Å². The van der Waals surface area contributed by atoms with Gasteiger partial charge in [0.15, 0.2) is 0 Å². The number of unbranched alkanes of at least 4 members (excludes halogenated alkanes) is 1. The molecule has 0 rings (SSSR count). The molecule has 0 bridgehead atoms. The molecule has 8 nitrogen and oxygen atoms in total. The van der Waals surface area contributed by atoms with Crippen LogP contribution in [-0.4, -0.2) is 47.3 Å². The van der Waals surface area contributed by atoms with Crippen molar-refractivity contribution in [2.24, 2.45) is 0 Å². The first kappa shape index (κ1) is 22.6. The summed E-state index contributed by atoms with van der Waals surface area (Å²) in [5.41, 5.74) is -0.300. The molecule has 0 aromatic heterocycles. The van der Waals surface area contributed by atoms with E-state index in [9.17, 15) is 19.5 Å². The van der Waals surface area contributed by atoms with E-state index in [0.29, 0.717) is 6.42 Å². The third kappa shape index (κ3) is 8.27. The fraction of sp³-hybridized carbons (Fsp3) is 0.471. The van der Waals surface area contributed by atoms with Crippen molar-refractivity contribution in [2.75, 3.05) is 13.2 Å². The summed E-state index contributed by atoms with van der Waals surface area (Å²) in [5.74, 6) is -5.76. The Hall–Kier alpha value is -2.45. The number of carbonyl (C=O) groups excluding carboxylic acids is 3. The van der Waals surface area contributed by atoms with E-state index in [1.807, 2.05) is 6.92 Å². The average molecular weight is 356 g/mol. The molecule has 25 heavy (non-hydrogen) atoms. The van der Waals surface area contributed by atoms with E-state index in [1.54, 1.807) is 0 Å². The van der Waals surface area contributed by atoms with Crippen molar-refractivity contribution >= 4 is 17.9 Å². The van der Waals surface area contributed by atoms with Crippen molar-refractivity contribution in [1.82, 2.24) is 0 Å². The summed E-state index contributed by atoms with van der Waals surface area (Å²) in [6.07, 6.45) is 2.64. The van der Waals surface area contributed by atoms with Crippen molar-refractivity contribution in [3.63, 3.8) is 0 Å². The summed E-state index contributed by atoms with van der Waals surface area (Å²) < 4.78 is 14.0. The molecule has 0 saturated carbocycles. The molecule has 1 unspecified atom stereocenters. The lowest BCUT2D eigenvalue weighted by Gasteiger charge is -2.24. The van der Waals surface area contributed by atoms with Crippen molar-refractivity contribution in [3.8, 4) is 0 Å². The predicted octanol–water partition coefficient (Wildman–Crippen LogP) is 1.13. The van der Waals surface area contributed by atoms with Gasteiger partial charge in [0.05, 0.1) is 12.2 Å². The minimum atomic E-state index is -2.87. The molecular formula is C17H24O8. The first-order valence-corrected chi connectivity index (χ1v) is 7.56. The summed E-state index contributed by atoms with van der Waals surface area (Å²) in [5, 5.41) is 18.9. The molecule has 0 radical (unpaired) electrons. The van der Waals surface area contributed by atoms with E-state index < -0.39 is 30.5 Å². The van der Waals surface area contributed by atoms with Crippen LogP contribution in [0.3, 0.4) is 0 Å². The second-order valence-electron chi connectivity index (χ2n) is 5.27. The Morgan fingerprint density at radius 3 is 2.12 bits per heavy atom. The number of esters is 3. The fourth-order valence-electron chi connectivity index (χ4n) is 1.32. The van der Waals surface area contributed by atoms with Crippen LogP contribution in [0.15, 0.2) is 36.0 Å².